The third-order valence-corrected chi connectivity index (χ3v) is 9.52. The average Bonchev–Trinajstić information content (AvgIpc) is 3.40. The molecule has 3 aromatic carbocycles. The van der Waals surface area contributed by atoms with Gasteiger partial charge in [0, 0.05) is 18.4 Å². The molecule has 0 bridgehead atoms. The van der Waals surface area contributed by atoms with Gasteiger partial charge in [0.25, 0.3) is 0 Å². The van der Waals surface area contributed by atoms with Crippen LogP contribution in [0.5, 0.6) is 17.2 Å². The molecule has 0 heterocycles. The van der Waals surface area contributed by atoms with Gasteiger partial charge in [-0.25, -0.2) is 0 Å². The first-order valence-corrected chi connectivity index (χ1v) is 16.7. The van der Waals surface area contributed by atoms with E-state index in [1.165, 1.54) is 24.8 Å². The molecule has 2 saturated carbocycles. The zero-order valence-electron chi connectivity index (χ0n) is 27.5. The fraction of sp³-hybridized carbons (Fsp3) is 0.415. The Morgan fingerprint density at radius 2 is 1.16 bits per heavy atom. The summed E-state index contributed by atoms with van der Waals surface area (Å²) >= 11 is 0. The van der Waals surface area contributed by atoms with E-state index in [1.54, 1.807) is 0 Å². The number of benzene rings is 3. The largest absolute Gasteiger partial charge is 0.487 e. The van der Waals surface area contributed by atoms with Crippen molar-refractivity contribution in [2.75, 3.05) is 6.61 Å². The fourth-order valence-electron chi connectivity index (χ4n) is 6.78. The molecule has 5 unspecified atom stereocenters. The van der Waals surface area contributed by atoms with E-state index in [-0.39, 0.29) is 17.5 Å². The summed E-state index contributed by atoms with van der Waals surface area (Å²) < 4.78 is 24.6. The molecule has 0 radical (unpaired) electrons. The summed E-state index contributed by atoms with van der Waals surface area (Å²) in [5.41, 5.74) is 3.00. The fourth-order valence-corrected chi connectivity index (χ4v) is 6.78. The van der Waals surface area contributed by atoms with E-state index in [0.717, 1.165) is 54.1 Å². The van der Waals surface area contributed by atoms with Crippen molar-refractivity contribution in [1.82, 2.24) is 0 Å². The first kappa shape index (κ1) is 32.6. The van der Waals surface area contributed by atoms with Crippen LogP contribution in [0, 0.1) is 11.8 Å². The maximum Gasteiger partial charge on any atom is 0.196 e. The molecule has 4 heteroatoms. The van der Waals surface area contributed by atoms with Crippen LogP contribution in [0.2, 0.25) is 0 Å². The monoisotopic (exact) mass is 606 g/mol. The average molecular weight is 607 g/mol. The first-order valence-electron chi connectivity index (χ1n) is 16.7. The van der Waals surface area contributed by atoms with Gasteiger partial charge in [-0.05, 0) is 119 Å². The molecule has 5 rings (SSSR count). The van der Waals surface area contributed by atoms with Crippen LogP contribution in [0.1, 0.15) is 89.3 Å². The molecular formula is C41H50O4. The SMILES string of the molecule is C=Cc1ccc(OC2(C)CCCC2/C=C/c2ccc(OC3(C)CCCCC3/C=C/c3ccc(OC(C)OCC)cc3)cc2)cc1. The highest BCUT2D eigenvalue weighted by Crippen LogP contribution is 2.41. The van der Waals surface area contributed by atoms with Crippen LogP contribution in [0.4, 0.5) is 0 Å². The maximum atomic E-state index is 6.74. The Bertz CT molecular complexity index is 1420. The lowest BCUT2D eigenvalue weighted by molar-refractivity contribution is -0.0613. The highest BCUT2D eigenvalue weighted by molar-refractivity contribution is 5.53. The molecule has 0 spiro atoms. The van der Waals surface area contributed by atoms with E-state index in [0.29, 0.717) is 18.4 Å². The molecule has 2 fully saturated rings. The van der Waals surface area contributed by atoms with Gasteiger partial charge in [0.2, 0.25) is 0 Å². The van der Waals surface area contributed by atoms with E-state index in [4.69, 9.17) is 18.9 Å². The van der Waals surface area contributed by atoms with E-state index in [2.05, 4.69) is 93.3 Å². The van der Waals surface area contributed by atoms with Crippen molar-refractivity contribution in [3.8, 4) is 17.2 Å². The quantitative estimate of drug-likeness (QED) is 0.181. The molecule has 2 aliphatic carbocycles. The van der Waals surface area contributed by atoms with E-state index in [1.807, 2.05) is 44.2 Å². The van der Waals surface area contributed by atoms with Crippen LogP contribution in [-0.4, -0.2) is 24.1 Å². The van der Waals surface area contributed by atoms with Crippen LogP contribution >= 0.6 is 0 Å². The molecule has 238 valence electrons. The Morgan fingerprint density at radius 1 is 0.689 bits per heavy atom. The Balaban J connectivity index is 1.19. The molecule has 0 saturated heterocycles. The first-order chi connectivity index (χ1) is 21.8. The number of rotatable bonds is 13. The van der Waals surface area contributed by atoms with Crippen molar-refractivity contribution >= 4 is 18.2 Å². The van der Waals surface area contributed by atoms with E-state index in [9.17, 15) is 0 Å². The predicted octanol–water partition coefficient (Wildman–Crippen LogP) is 10.8. The molecule has 5 atom stereocenters. The lowest BCUT2D eigenvalue weighted by atomic mass is 9.76. The second-order valence-electron chi connectivity index (χ2n) is 13.0. The van der Waals surface area contributed by atoms with Crippen LogP contribution in [-0.2, 0) is 4.74 Å². The van der Waals surface area contributed by atoms with Crippen molar-refractivity contribution < 1.29 is 18.9 Å². The standard InChI is InChI=1S/C41H50O4/c1-6-32-15-25-38(26-16-32)45-41(5)30-10-12-36(41)22-14-34-19-27-39(28-20-34)44-40(4)29-9-8-11-35(40)21-13-33-17-23-37(24-18-33)43-31(3)42-7-2/h6,13-28,31,35-36H,1,7-12,29-30H2,2-5H3/b21-13+,22-14+. The molecule has 0 aliphatic heterocycles. The third-order valence-electron chi connectivity index (χ3n) is 9.52. The van der Waals surface area contributed by atoms with Gasteiger partial charge in [0.05, 0.1) is 0 Å². The summed E-state index contributed by atoms with van der Waals surface area (Å²) in [5.74, 6) is 3.37. The van der Waals surface area contributed by atoms with Crippen molar-refractivity contribution in [1.29, 1.82) is 0 Å². The van der Waals surface area contributed by atoms with Crippen molar-refractivity contribution in [2.45, 2.75) is 90.1 Å². The van der Waals surface area contributed by atoms with Crippen LogP contribution in [0.3, 0.4) is 0 Å². The highest BCUT2D eigenvalue weighted by atomic mass is 16.7. The summed E-state index contributed by atoms with van der Waals surface area (Å²) in [6.07, 6.45) is 18.7. The zero-order chi connectivity index (χ0) is 31.7. The second-order valence-corrected chi connectivity index (χ2v) is 13.0. The molecule has 3 aromatic rings. The maximum absolute atomic E-state index is 6.74. The van der Waals surface area contributed by atoms with Crippen molar-refractivity contribution in [3.05, 3.63) is 108 Å². The topological polar surface area (TPSA) is 36.9 Å². The predicted molar refractivity (Wildman–Crippen MR) is 187 cm³/mol. The second kappa shape index (κ2) is 15.0. The van der Waals surface area contributed by atoms with Crippen molar-refractivity contribution in [3.63, 3.8) is 0 Å². The number of ether oxygens (including phenoxy) is 4. The molecule has 0 aromatic heterocycles. The number of hydrogen-bond acceptors (Lipinski definition) is 4. The highest BCUT2D eigenvalue weighted by Gasteiger charge is 2.39. The summed E-state index contributed by atoms with van der Waals surface area (Å²) in [5, 5.41) is 0. The van der Waals surface area contributed by atoms with Gasteiger partial charge in [-0.2, -0.15) is 0 Å². The Kier molecular flexibility index (Phi) is 10.9. The van der Waals surface area contributed by atoms with Crippen LogP contribution < -0.4 is 14.2 Å². The Hall–Kier alpha value is -3.76. The van der Waals surface area contributed by atoms with Crippen LogP contribution in [0.25, 0.3) is 18.2 Å². The normalized spacial score (nSPS) is 25.8. The molecule has 4 nitrogen and oxygen atoms in total. The lowest BCUT2D eigenvalue weighted by Gasteiger charge is -2.40. The van der Waals surface area contributed by atoms with Crippen molar-refractivity contribution in [2.24, 2.45) is 11.8 Å². The minimum absolute atomic E-state index is 0.203. The summed E-state index contributed by atoms with van der Waals surface area (Å²) in [7, 11) is 0. The Morgan fingerprint density at radius 3 is 1.67 bits per heavy atom. The minimum Gasteiger partial charge on any atom is -0.487 e. The smallest absolute Gasteiger partial charge is 0.196 e. The molecule has 0 N–H and O–H groups in total. The zero-order valence-corrected chi connectivity index (χ0v) is 27.5. The minimum atomic E-state index is -0.254. The van der Waals surface area contributed by atoms with Gasteiger partial charge < -0.3 is 18.9 Å². The molecular weight excluding hydrogens is 556 g/mol. The lowest BCUT2D eigenvalue weighted by Crippen LogP contribution is -2.42. The van der Waals surface area contributed by atoms with Gasteiger partial charge in [-0.3, -0.25) is 0 Å². The number of hydrogen-bond donors (Lipinski definition) is 0. The van der Waals surface area contributed by atoms with E-state index < -0.39 is 0 Å². The van der Waals surface area contributed by atoms with Gasteiger partial charge in [-0.1, -0.05) is 79.8 Å². The van der Waals surface area contributed by atoms with Gasteiger partial charge in [-0.15, -0.1) is 0 Å². The summed E-state index contributed by atoms with van der Waals surface area (Å²) in [4.78, 5) is 0. The van der Waals surface area contributed by atoms with Crippen LogP contribution in [0.15, 0.2) is 91.5 Å². The summed E-state index contributed by atoms with van der Waals surface area (Å²) in [6.45, 7) is 12.9. The van der Waals surface area contributed by atoms with Gasteiger partial charge in [0.15, 0.2) is 6.29 Å². The molecule has 2 aliphatic rings. The summed E-state index contributed by atoms with van der Waals surface area (Å²) in [6, 6.07) is 25.0. The molecule has 0 amide bonds. The Labute approximate surface area is 270 Å². The van der Waals surface area contributed by atoms with Gasteiger partial charge in [0.1, 0.15) is 28.5 Å². The van der Waals surface area contributed by atoms with E-state index >= 15 is 0 Å². The van der Waals surface area contributed by atoms with Gasteiger partial charge >= 0.3 is 0 Å². The third kappa shape index (κ3) is 8.70. The molecule has 45 heavy (non-hydrogen) atoms.